The fourth-order valence-corrected chi connectivity index (χ4v) is 4.90. The fourth-order valence-electron chi connectivity index (χ4n) is 4.90. The Morgan fingerprint density at radius 3 is 2.05 bits per heavy atom. The first kappa shape index (κ1) is 29.8. The smallest absolute Gasteiger partial charge is 0.309 e. The Kier molecular flexibility index (Phi) is 9.43. The molecule has 4 rings (SSSR count). The Morgan fingerprint density at radius 2 is 1.44 bits per heavy atom. The second-order valence-corrected chi connectivity index (χ2v) is 9.68. The molecule has 220 valence electrons. The van der Waals surface area contributed by atoms with E-state index >= 15 is 0 Å². The van der Waals surface area contributed by atoms with Gasteiger partial charge in [0.2, 0.25) is 0 Å². The van der Waals surface area contributed by atoms with E-state index in [1.807, 2.05) is 0 Å². The van der Waals surface area contributed by atoms with E-state index in [4.69, 9.17) is 23.7 Å². The fraction of sp³-hybridized carbons (Fsp3) is 0.367. The minimum absolute atomic E-state index is 0.0320. The van der Waals surface area contributed by atoms with Gasteiger partial charge in [-0.15, -0.1) is 0 Å². The van der Waals surface area contributed by atoms with Crippen molar-refractivity contribution in [3.8, 4) is 34.5 Å². The molecule has 1 aliphatic rings. The molecule has 0 radical (unpaired) electrons. The van der Waals surface area contributed by atoms with Crippen molar-refractivity contribution >= 4 is 5.97 Å². The van der Waals surface area contributed by atoms with Crippen molar-refractivity contribution in [2.24, 2.45) is 11.8 Å². The summed E-state index contributed by atoms with van der Waals surface area (Å²) >= 11 is 0. The van der Waals surface area contributed by atoms with Crippen LogP contribution in [0.25, 0.3) is 0 Å². The zero-order valence-corrected chi connectivity index (χ0v) is 22.9. The monoisotopic (exact) mass is 570 g/mol. The number of aliphatic hydroxyl groups excluding tert-OH is 3. The van der Waals surface area contributed by atoms with Crippen LogP contribution in [0.1, 0.15) is 28.9 Å². The molecule has 1 aliphatic heterocycles. The summed E-state index contributed by atoms with van der Waals surface area (Å²) in [6.07, 6.45) is -3.13. The standard InChI is InChI=1S/C30H34O11/c1-37-24-12-17(5-7-21(24)32)28(34)20-15-40-30(36)19(20)10-16-4-9-23(26(11-16)39-3)41-27(14-31)29(35)18-6-8-22(33)25(13-18)38-2/h4-9,11-13,19-20,27-29,31-35H,10,14-15H2,1-3H3/t19-,20+,27-,28+,29+/m1/s1. The van der Waals surface area contributed by atoms with Crippen LogP contribution in [0.5, 0.6) is 34.5 Å². The van der Waals surface area contributed by atoms with Crippen LogP contribution >= 0.6 is 0 Å². The highest BCUT2D eigenvalue weighted by Crippen LogP contribution is 2.40. The van der Waals surface area contributed by atoms with Crippen LogP contribution in [-0.2, 0) is 16.0 Å². The maximum Gasteiger partial charge on any atom is 0.309 e. The van der Waals surface area contributed by atoms with Crippen LogP contribution < -0.4 is 18.9 Å². The number of methoxy groups -OCH3 is 3. The van der Waals surface area contributed by atoms with Gasteiger partial charge in [0, 0.05) is 5.92 Å². The Hall–Kier alpha value is -4.19. The van der Waals surface area contributed by atoms with Crippen LogP contribution in [0, 0.1) is 11.8 Å². The third-order valence-corrected chi connectivity index (χ3v) is 7.23. The number of hydrogen-bond acceptors (Lipinski definition) is 11. The van der Waals surface area contributed by atoms with Crippen molar-refractivity contribution in [1.82, 2.24) is 0 Å². The van der Waals surface area contributed by atoms with E-state index in [0.29, 0.717) is 22.4 Å². The highest BCUT2D eigenvalue weighted by atomic mass is 16.5. The number of esters is 1. The topological polar surface area (TPSA) is 164 Å². The van der Waals surface area contributed by atoms with Gasteiger partial charge in [0.1, 0.15) is 6.10 Å². The number of aromatic hydroxyl groups is 2. The van der Waals surface area contributed by atoms with Crippen LogP contribution in [-0.4, -0.2) is 72.1 Å². The molecule has 0 saturated carbocycles. The molecule has 1 fully saturated rings. The van der Waals surface area contributed by atoms with Crippen LogP contribution in [0.15, 0.2) is 54.6 Å². The zero-order valence-electron chi connectivity index (χ0n) is 22.9. The molecule has 5 atom stereocenters. The molecule has 1 heterocycles. The van der Waals surface area contributed by atoms with Gasteiger partial charge >= 0.3 is 5.97 Å². The van der Waals surface area contributed by atoms with Gasteiger partial charge in [0.05, 0.1) is 46.6 Å². The highest BCUT2D eigenvalue weighted by molar-refractivity contribution is 5.75. The molecule has 0 amide bonds. The van der Waals surface area contributed by atoms with E-state index in [9.17, 15) is 30.3 Å². The zero-order chi connectivity index (χ0) is 29.7. The first-order valence-corrected chi connectivity index (χ1v) is 12.9. The lowest BCUT2D eigenvalue weighted by atomic mass is 9.83. The summed E-state index contributed by atoms with van der Waals surface area (Å²) in [6.45, 7) is -0.491. The van der Waals surface area contributed by atoms with E-state index in [2.05, 4.69) is 0 Å². The van der Waals surface area contributed by atoms with Gasteiger partial charge in [-0.1, -0.05) is 18.2 Å². The SMILES string of the molecule is COc1cc([C@H](O)[C@H]2COC(=O)[C@@H]2Cc2ccc(O[C@H](CO)[C@@H](O)c3ccc(O)c(OC)c3)c(OC)c2)ccc1O. The summed E-state index contributed by atoms with van der Waals surface area (Å²) in [6, 6.07) is 13.8. The normalized spacial score (nSPS) is 18.7. The average molecular weight is 571 g/mol. The largest absolute Gasteiger partial charge is 0.504 e. The first-order chi connectivity index (χ1) is 19.7. The van der Waals surface area contributed by atoms with Gasteiger partial charge in [-0.2, -0.15) is 0 Å². The predicted molar refractivity (Wildman–Crippen MR) is 145 cm³/mol. The van der Waals surface area contributed by atoms with E-state index < -0.39 is 42.7 Å². The summed E-state index contributed by atoms with van der Waals surface area (Å²) in [5.74, 6) is -0.861. The lowest BCUT2D eigenvalue weighted by Crippen LogP contribution is -2.29. The van der Waals surface area contributed by atoms with Gasteiger partial charge in [0.15, 0.2) is 40.6 Å². The third-order valence-electron chi connectivity index (χ3n) is 7.23. The highest BCUT2D eigenvalue weighted by Gasteiger charge is 2.42. The van der Waals surface area contributed by atoms with Gasteiger partial charge in [-0.25, -0.2) is 0 Å². The molecule has 3 aromatic rings. The van der Waals surface area contributed by atoms with Crippen molar-refractivity contribution in [1.29, 1.82) is 0 Å². The van der Waals surface area contributed by atoms with Crippen molar-refractivity contribution in [3.63, 3.8) is 0 Å². The first-order valence-electron chi connectivity index (χ1n) is 12.9. The van der Waals surface area contributed by atoms with E-state index in [-0.39, 0.29) is 41.8 Å². The molecule has 0 aliphatic carbocycles. The minimum Gasteiger partial charge on any atom is -0.504 e. The quantitative estimate of drug-likeness (QED) is 0.203. The van der Waals surface area contributed by atoms with E-state index in [0.717, 1.165) is 0 Å². The summed E-state index contributed by atoms with van der Waals surface area (Å²) in [4.78, 5) is 12.7. The number of phenols is 2. The Bertz CT molecular complexity index is 1360. The number of phenolic OH excluding ortho intramolecular Hbond substituents is 2. The van der Waals surface area contributed by atoms with E-state index in [1.165, 1.54) is 51.7 Å². The molecule has 0 spiro atoms. The number of benzene rings is 3. The molecule has 0 bridgehead atoms. The summed E-state index contributed by atoms with van der Waals surface area (Å²) in [5, 5.41) is 51.6. The van der Waals surface area contributed by atoms with Gasteiger partial charge in [-0.05, 0) is 59.5 Å². The number of rotatable bonds is 12. The molecular formula is C30H34O11. The van der Waals surface area contributed by atoms with E-state index in [1.54, 1.807) is 24.3 Å². The Balaban J connectivity index is 1.51. The lowest BCUT2D eigenvalue weighted by Gasteiger charge is -2.25. The van der Waals surface area contributed by atoms with Crippen LogP contribution in [0.3, 0.4) is 0 Å². The van der Waals surface area contributed by atoms with Crippen molar-refractivity contribution in [2.75, 3.05) is 34.5 Å². The third kappa shape index (κ3) is 6.43. The lowest BCUT2D eigenvalue weighted by molar-refractivity contribution is -0.141. The Morgan fingerprint density at radius 1 is 0.829 bits per heavy atom. The van der Waals surface area contributed by atoms with Gasteiger partial charge < -0.3 is 49.2 Å². The van der Waals surface area contributed by atoms with Crippen molar-refractivity contribution < 1.29 is 54.0 Å². The number of ether oxygens (including phenoxy) is 5. The maximum atomic E-state index is 12.7. The van der Waals surface area contributed by atoms with Gasteiger partial charge in [0.25, 0.3) is 0 Å². The van der Waals surface area contributed by atoms with Crippen molar-refractivity contribution in [3.05, 3.63) is 71.3 Å². The van der Waals surface area contributed by atoms with Gasteiger partial charge in [-0.3, -0.25) is 4.79 Å². The summed E-state index contributed by atoms with van der Waals surface area (Å²) in [5.41, 5.74) is 1.56. The van der Waals surface area contributed by atoms with Crippen LogP contribution in [0.2, 0.25) is 0 Å². The molecule has 0 unspecified atom stereocenters. The number of aliphatic hydroxyl groups is 3. The molecule has 5 N–H and O–H groups in total. The number of hydrogen-bond donors (Lipinski definition) is 5. The molecule has 11 nitrogen and oxygen atoms in total. The average Bonchev–Trinajstić information content (AvgIpc) is 3.35. The summed E-state index contributed by atoms with van der Waals surface area (Å²) < 4.78 is 26.9. The Labute approximate surface area is 237 Å². The maximum absolute atomic E-state index is 12.7. The molecule has 3 aromatic carbocycles. The molecule has 1 saturated heterocycles. The predicted octanol–water partition coefficient (Wildman–Crippen LogP) is 2.66. The number of carbonyl (C=O) groups is 1. The number of cyclic esters (lactones) is 1. The molecule has 0 aromatic heterocycles. The second kappa shape index (κ2) is 13.0. The number of carbonyl (C=O) groups excluding carboxylic acids is 1. The minimum atomic E-state index is -1.26. The molecule has 41 heavy (non-hydrogen) atoms. The summed E-state index contributed by atoms with van der Waals surface area (Å²) in [7, 11) is 4.23. The second-order valence-electron chi connectivity index (χ2n) is 9.68. The molecular weight excluding hydrogens is 536 g/mol. The van der Waals surface area contributed by atoms with Crippen molar-refractivity contribution in [2.45, 2.75) is 24.7 Å². The van der Waals surface area contributed by atoms with Crippen LogP contribution in [0.4, 0.5) is 0 Å². The molecule has 11 heteroatoms.